The largest absolute Gasteiger partial charge is 0.462 e. The molecule has 2 N–H and O–H groups in total. The monoisotopic (exact) mass is 279 g/mol. The average molecular weight is 279 g/mol. The number of benzene rings is 1. The molecule has 1 aromatic rings. The first-order valence-corrected chi connectivity index (χ1v) is 6.85. The topological polar surface area (TPSA) is 75.6 Å². The molecular formula is C15H21NO4. The minimum atomic E-state index is -0.350. The molecule has 0 fully saturated rings. The van der Waals surface area contributed by atoms with Crippen LogP contribution in [0.4, 0.5) is 5.69 Å². The number of hydrogen-bond acceptors (Lipinski definition) is 4. The van der Waals surface area contributed by atoms with E-state index in [0.29, 0.717) is 24.3 Å². The lowest BCUT2D eigenvalue weighted by Gasteiger charge is -2.06. The second-order valence-corrected chi connectivity index (χ2v) is 4.44. The Bertz CT molecular complexity index is 428. The van der Waals surface area contributed by atoms with Crippen molar-refractivity contribution in [2.75, 3.05) is 18.5 Å². The van der Waals surface area contributed by atoms with Gasteiger partial charge in [0.2, 0.25) is 5.91 Å². The van der Waals surface area contributed by atoms with E-state index in [0.717, 1.165) is 12.8 Å². The molecule has 1 rings (SSSR count). The molecule has 0 aromatic heterocycles. The molecule has 0 atom stereocenters. The van der Waals surface area contributed by atoms with E-state index in [9.17, 15) is 9.59 Å². The molecule has 0 saturated carbocycles. The fourth-order valence-corrected chi connectivity index (χ4v) is 1.55. The Labute approximate surface area is 118 Å². The van der Waals surface area contributed by atoms with Gasteiger partial charge in [-0.15, -0.1) is 0 Å². The van der Waals surface area contributed by atoms with Crippen molar-refractivity contribution in [3.8, 4) is 0 Å². The predicted molar refractivity (Wildman–Crippen MR) is 76.6 cm³/mol. The zero-order chi connectivity index (χ0) is 14.8. The van der Waals surface area contributed by atoms with Crippen LogP contribution < -0.4 is 5.32 Å². The smallest absolute Gasteiger partial charge is 0.338 e. The lowest BCUT2D eigenvalue weighted by Crippen LogP contribution is -2.12. The first kappa shape index (κ1) is 16.2. The maximum atomic E-state index is 11.7. The van der Waals surface area contributed by atoms with Gasteiger partial charge in [0.15, 0.2) is 0 Å². The van der Waals surface area contributed by atoms with Gasteiger partial charge in [0.25, 0.3) is 0 Å². The minimum absolute atomic E-state index is 0.00401. The van der Waals surface area contributed by atoms with Crippen molar-refractivity contribution in [2.24, 2.45) is 0 Å². The molecular weight excluding hydrogens is 258 g/mol. The molecule has 110 valence electrons. The number of anilines is 1. The van der Waals surface area contributed by atoms with Crippen LogP contribution in [0.2, 0.25) is 0 Å². The van der Waals surface area contributed by atoms with E-state index in [1.54, 1.807) is 24.3 Å². The molecule has 0 aliphatic rings. The summed E-state index contributed by atoms with van der Waals surface area (Å²) in [5.74, 6) is -0.506. The second kappa shape index (κ2) is 9.09. The molecule has 0 radical (unpaired) electrons. The van der Waals surface area contributed by atoms with Crippen LogP contribution in [-0.2, 0) is 9.53 Å². The highest BCUT2D eigenvalue weighted by atomic mass is 16.5. The number of aliphatic hydroxyl groups is 1. The molecule has 0 heterocycles. The number of rotatable bonds is 8. The zero-order valence-corrected chi connectivity index (χ0v) is 11.7. The molecule has 1 amide bonds. The first-order valence-electron chi connectivity index (χ1n) is 6.85. The number of carbonyl (C=O) groups is 2. The van der Waals surface area contributed by atoms with Crippen molar-refractivity contribution in [1.82, 2.24) is 0 Å². The van der Waals surface area contributed by atoms with Crippen molar-refractivity contribution in [3.05, 3.63) is 29.8 Å². The van der Waals surface area contributed by atoms with E-state index in [4.69, 9.17) is 9.84 Å². The van der Waals surface area contributed by atoms with E-state index in [-0.39, 0.29) is 24.9 Å². The fourth-order valence-electron chi connectivity index (χ4n) is 1.55. The molecule has 0 aliphatic heterocycles. The Kier molecular flexibility index (Phi) is 7.35. The molecule has 0 unspecified atom stereocenters. The highest BCUT2D eigenvalue weighted by Gasteiger charge is 2.07. The van der Waals surface area contributed by atoms with Crippen molar-refractivity contribution in [2.45, 2.75) is 32.6 Å². The van der Waals surface area contributed by atoms with Crippen molar-refractivity contribution in [1.29, 1.82) is 0 Å². The van der Waals surface area contributed by atoms with Gasteiger partial charge in [-0.2, -0.15) is 0 Å². The van der Waals surface area contributed by atoms with Crippen LogP contribution in [0.15, 0.2) is 24.3 Å². The number of hydrogen-bond donors (Lipinski definition) is 2. The van der Waals surface area contributed by atoms with Crippen LogP contribution in [0.25, 0.3) is 0 Å². The van der Waals surface area contributed by atoms with Crippen molar-refractivity contribution < 1.29 is 19.4 Å². The minimum Gasteiger partial charge on any atom is -0.462 e. The molecule has 0 saturated heterocycles. The van der Waals surface area contributed by atoms with Gasteiger partial charge in [-0.1, -0.05) is 13.3 Å². The highest BCUT2D eigenvalue weighted by molar-refractivity contribution is 5.93. The van der Waals surface area contributed by atoms with Crippen LogP contribution in [-0.4, -0.2) is 30.2 Å². The summed E-state index contributed by atoms with van der Waals surface area (Å²) in [6.45, 7) is 2.45. The maximum absolute atomic E-state index is 11.7. The Morgan fingerprint density at radius 3 is 2.50 bits per heavy atom. The molecule has 0 aliphatic carbocycles. The van der Waals surface area contributed by atoms with Gasteiger partial charge in [-0.25, -0.2) is 4.79 Å². The molecule has 5 heteroatoms. The Morgan fingerprint density at radius 2 is 1.90 bits per heavy atom. The van der Waals surface area contributed by atoms with Crippen LogP contribution in [0.3, 0.4) is 0 Å². The quantitative estimate of drug-likeness (QED) is 0.566. The van der Waals surface area contributed by atoms with Gasteiger partial charge in [0.05, 0.1) is 12.2 Å². The molecule has 20 heavy (non-hydrogen) atoms. The van der Waals surface area contributed by atoms with Crippen LogP contribution in [0, 0.1) is 0 Å². The standard InChI is InChI=1S/C15H21NO4/c1-2-3-11-20-15(19)12-6-8-13(9-7-12)16-14(18)5-4-10-17/h6-9,17H,2-5,10-11H2,1H3,(H,16,18). The summed E-state index contributed by atoms with van der Waals surface area (Å²) in [6, 6.07) is 6.56. The number of unbranched alkanes of at least 4 members (excludes halogenated alkanes) is 1. The molecule has 1 aromatic carbocycles. The Balaban J connectivity index is 2.47. The number of carbonyl (C=O) groups excluding carboxylic acids is 2. The predicted octanol–water partition coefficient (Wildman–Crippen LogP) is 2.35. The first-order chi connectivity index (χ1) is 9.67. The van der Waals surface area contributed by atoms with Gasteiger partial charge in [-0.3, -0.25) is 4.79 Å². The number of esters is 1. The summed E-state index contributed by atoms with van der Waals surface area (Å²) in [5.41, 5.74) is 1.09. The summed E-state index contributed by atoms with van der Waals surface area (Å²) in [7, 11) is 0. The van der Waals surface area contributed by atoms with Gasteiger partial charge in [0.1, 0.15) is 0 Å². The summed E-state index contributed by atoms with van der Waals surface area (Å²) in [5, 5.41) is 11.3. The van der Waals surface area contributed by atoms with Gasteiger partial charge >= 0.3 is 5.97 Å². The summed E-state index contributed by atoms with van der Waals surface area (Å²) in [4.78, 5) is 23.1. The van der Waals surface area contributed by atoms with Gasteiger partial charge in [0, 0.05) is 18.7 Å². The van der Waals surface area contributed by atoms with E-state index in [2.05, 4.69) is 5.32 Å². The summed E-state index contributed by atoms with van der Waals surface area (Å²) < 4.78 is 5.09. The van der Waals surface area contributed by atoms with Crippen LogP contribution in [0.5, 0.6) is 0 Å². The highest BCUT2D eigenvalue weighted by Crippen LogP contribution is 2.11. The number of nitrogens with one attached hydrogen (secondary N) is 1. The lowest BCUT2D eigenvalue weighted by atomic mass is 10.2. The zero-order valence-electron chi connectivity index (χ0n) is 11.7. The van der Waals surface area contributed by atoms with E-state index < -0.39 is 0 Å². The third kappa shape index (κ3) is 5.84. The van der Waals surface area contributed by atoms with Crippen molar-refractivity contribution >= 4 is 17.6 Å². The maximum Gasteiger partial charge on any atom is 0.338 e. The van der Waals surface area contributed by atoms with Crippen molar-refractivity contribution in [3.63, 3.8) is 0 Å². The Morgan fingerprint density at radius 1 is 1.20 bits per heavy atom. The SMILES string of the molecule is CCCCOC(=O)c1ccc(NC(=O)CCCO)cc1. The average Bonchev–Trinajstić information content (AvgIpc) is 2.46. The third-order valence-electron chi connectivity index (χ3n) is 2.70. The van der Waals surface area contributed by atoms with E-state index >= 15 is 0 Å². The second-order valence-electron chi connectivity index (χ2n) is 4.44. The van der Waals surface area contributed by atoms with E-state index in [1.165, 1.54) is 0 Å². The molecule has 0 bridgehead atoms. The van der Waals surface area contributed by atoms with E-state index in [1.807, 2.05) is 6.92 Å². The van der Waals surface area contributed by atoms with Gasteiger partial charge < -0.3 is 15.2 Å². The Hall–Kier alpha value is -1.88. The molecule has 5 nitrogen and oxygen atoms in total. The van der Waals surface area contributed by atoms with Crippen LogP contribution in [0.1, 0.15) is 43.0 Å². The molecule has 0 spiro atoms. The number of aliphatic hydroxyl groups excluding tert-OH is 1. The normalized spacial score (nSPS) is 10.1. The fraction of sp³-hybridized carbons (Fsp3) is 0.467. The summed E-state index contributed by atoms with van der Waals surface area (Å²) >= 11 is 0. The van der Waals surface area contributed by atoms with Gasteiger partial charge in [-0.05, 0) is 37.1 Å². The lowest BCUT2D eigenvalue weighted by molar-refractivity contribution is -0.116. The van der Waals surface area contributed by atoms with Crippen LogP contribution >= 0.6 is 0 Å². The summed E-state index contributed by atoms with van der Waals surface area (Å²) in [6.07, 6.45) is 2.54. The number of amides is 1. The number of ether oxygens (including phenoxy) is 1. The third-order valence-corrected chi connectivity index (χ3v) is 2.70.